The molecule has 0 fully saturated rings. The quantitative estimate of drug-likeness (QED) is 0.377. The van der Waals surface area contributed by atoms with E-state index in [2.05, 4.69) is 0 Å². The summed E-state index contributed by atoms with van der Waals surface area (Å²) in [7, 11) is 2.79. The van der Waals surface area contributed by atoms with E-state index >= 15 is 0 Å². The number of carbonyl (C=O) groups excluding carboxylic acids is 1. The molecular formula is C17H18O5. The van der Waals surface area contributed by atoms with Crippen molar-refractivity contribution in [3.05, 3.63) is 71.5 Å². The van der Waals surface area contributed by atoms with Crippen LogP contribution >= 0.6 is 0 Å². The number of aliphatic hydroxyl groups excluding tert-OH is 1. The molecule has 1 aromatic carbocycles. The number of benzene rings is 1. The van der Waals surface area contributed by atoms with Crippen molar-refractivity contribution >= 4 is 5.78 Å². The Labute approximate surface area is 128 Å². The van der Waals surface area contributed by atoms with Gasteiger partial charge in [-0.15, -0.1) is 0 Å². The molecule has 0 heterocycles. The lowest BCUT2D eigenvalue weighted by Crippen LogP contribution is -2.43. The van der Waals surface area contributed by atoms with Crippen LogP contribution in [-0.2, 0) is 9.47 Å². The molecule has 0 spiro atoms. The largest absolute Gasteiger partial charge is 0.504 e. The number of rotatable bonds is 5. The maximum atomic E-state index is 12.1. The molecule has 0 aromatic heterocycles. The molecule has 2 atom stereocenters. The van der Waals surface area contributed by atoms with Crippen molar-refractivity contribution in [3.63, 3.8) is 0 Å². The summed E-state index contributed by atoms with van der Waals surface area (Å²) >= 11 is 0. The fourth-order valence-corrected chi connectivity index (χ4v) is 2.14. The van der Waals surface area contributed by atoms with Crippen LogP contribution in [0.3, 0.4) is 0 Å². The third kappa shape index (κ3) is 3.33. The lowest BCUT2D eigenvalue weighted by atomic mass is 9.97. The molecule has 116 valence electrons. The van der Waals surface area contributed by atoms with E-state index in [1.807, 2.05) is 0 Å². The number of ketones is 1. The minimum absolute atomic E-state index is 0.389. The molecule has 5 heteroatoms. The Balaban J connectivity index is 2.23. The Morgan fingerprint density at radius 2 is 1.95 bits per heavy atom. The molecule has 1 aliphatic rings. The van der Waals surface area contributed by atoms with Gasteiger partial charge in [-0.2, -0.15) is 0 Å². The van der Waals surface area contributed by atoms with Gasteiger partial charge in [0, 0.05) is 19.8 Å². The molecule has 0 saturated carbocycles. The van der Waals surface area contributed by atoms with E-state index in [4.69, 9.17) is 9.47 Å². The zero-order valence-corrected chi connectivity index (χ0v) is 12.4. The molecule has 0 bridgehead atoms. The minimum Gasteiger partial charge on any atom is -0.504 e. The second kappa shape index (κ2) is 6.70. The Morgan fingerprint density at radius 1 is 1.27 bits per heavy atom. The lowest BCUT2D eigenvalue weighted by Gasteiger charge is -2.31. The summed E-state index contributed by atoms with van der Waals surface area (Å²) in [4.78, 5) is 12.1. The predicted octanol–water partition coefficient (Wildman–Crippen LogP) is 2.16. The van der Waals surface area contributed by atoms with E-state index in [0.717, 1.165) is 0 Å². The summed E-state index contributed by atoms with van der Waals surface area (Å²) < 4.78 is 10.2. The van der Waals surface area contributed by atoms with Gasteiger partial charge in [-0.25, -0.2) is 0 Å². The highest BCUT2D eigenvalue weighted by atomic mass is 16.6. The van der Waals surface area contributed by atoms with E-state index < -0.39 is 17.7 Å². The van der Waals surface area contributed by atoms with Crippen molar-refractivity contribution in [1.82, 2.24) is 0 Å². The van der Waals surface area contributed by atoms with Gasteiger partial charge >= 0.3 is 0 Å². The van der Waals surface area contributed by atoms with Crippen LogP contribution < -0.4 is 0 Å². The SMILES string of the molecule is COC1C=C(C=C(O)C(=O)c2ccccc2)C=CC1(O)OC. The number of methoxy groups -OCH3 is 2. The van der Waals surface area contributed by atoms with Crippen molar-refractivity contribution in [2.24, 2.45) is 0 Å². The Kier molecular flexibility index (Phi) is 4.92. The van der Waals surface area contributed by atoms with Crippen LogP contribution in [0.4, 0.5) is 0 Å². The van der Waals surface area contributed by atoms with Crippen molar-refractivity contribution in [2.45, 2.75) is 11.9 Å². The number of ether oxygens (including phenoxy) is 2. The number of aliphatic hydroxyl groups is 2. The van der Waals surface area contributed by atoms with Crippen molar-refractivity contribution in [2.75, 3.05) is 14.2 Å². The third-order valence-electron chi connectivity index (χ3n) is 3.42. The Morgan fingerprint density at radius 3 is 2.55 bits per heavy atom. The second-order valence-electron chi connectivity index (χ2n) is 4.84. The molecular weight excluding hydrogens is 284 g/mol. The Bertz CT molecular complexity index is 630. The first-order chi connectivity index (χ1) is 10.5. The molecule has 1 aliphatic carbocycles. The summed E-state index contributed by atoms with van der Waals surface area (Å²) in [6.07, 6.45) is 5.11. The molecule has 0 radical (unpaired) electrons. The first kappa shape index (κ1) is 16.2. The molecule has 5 nitrogen and oxygen atoms in total. The predicted molar refractivity (Wildman–Crippen MR) is 81.5 cm³/mol. The molecule has 0 saturated heterocycles. The van der Waals surface area contributed by atoms with Gasteiger partial charge in [-0.1, -0.05) is 36.4 Å². The number of hydrogen-bond acceptors (Lipinski definition) is 5. The van der Waals surface area contributed by atoms with E-state index in [0.29, 0.717) is 11.1 Å². The maximum absolute atomic E-state index is 12.1. The molecule has 1 aromatic rings. The maximum Gasteiger partial charge on any atom is 0.227 e. The van der Waals surface area contributed by atoms with Crippen molar-refractivity contribution < 1.29 is 24.5 Å². The van der Waals surface area contributed by atoms with Crippen molar-refractivity contribution in [1.29, 1.82) is 0 Å². The molecule has 2 unspecified atom stereocenters. The van der Waals surface area contributed by atoms with E-state index in [1.165, 1.54) is 26.4 Å². The minimum atomic E-state index is -1.56. The topological polar surface area (TPSA) is 76.0 Å². The van der Waals surface area contributed by atoms with E-state index in [-0.39, 0.29) is 5.76 Å². The molecule has 2 N–H and O–H groups in total. The van der Waals surface area contributed by atoms with Crippen LogP contribution in [-0.4, -0.2) is 42.1 Å². The van der Waals surface area contributed by atoms with E-state index in [9.17, 15) is 15.0 Å². The monoisotopic (exact) mass is 302 g/mol. The van der Waals surface area contributed by atoms with Crippen LogP contribution in [0.5, 0.6) is 0 Å². The third-order valence-corrected chi connectivity index (χ3v) is 3.42. The van der Waals surface area contributed by atoms with Gasteiger partial charge in [-0.3, -0.25) is 4.79 Å². The number of hydrogen-bond donors (Lipinski definition) is 2. The first-order valence-corrected chi connectivity index (χ1v) is 6.72. The van der Waals surface area contributed by atoms with Crippen LogP contribution in [0.1, 0.15) is 10.4 Å². The summed E-state index contributed by atoms with van der Waals surface area (Å²) in [5, 5.41) is 20.1. The summed E-state index contributed by atoms with van der Waals surface area (Å²) in [6, 6.07) is 8.48. The molecule has 22 heavy (non-hydrogen) atoms. The van der Waals surface area contributed by atoms with Gasteiger partial charge in [-0.05, 0) is 23.8 Å². The second-order valence-corrected chi connectivity index (χ2v) is 4.84. The first-order valence-electron chi connectivity index (χ1n) is 6.72. The van der Waals surface area contributed by atoms with Crippen LogP contribution in [0, 0.1) is 0 Å². The number of carbonyl (C=O) groups is 1. The van der Waals surface area contributed by atoms with Gasteiger partial charge in [0.25, 0.3) is 0 Å². The summed E-state index contributed by atoms with van der Waals surface area (Å²) in [5.74, 6) is -2.43. The van der Waals surface area contributed by atoms with Crippen LogP contribution in [0.2, 0.25) is 0 Å². The smallest absolute Gasteiger partial charge is 0.227 e. The highest BCUT2D eigenvalue weighted by molar-refractivity contribution is 6.07. The van der Waals surface area contributed by atoms with Crippen LogP contribution in [0.25, 0.3) is 0 Å². The fourth-order valence-electron chi connectivity index (χ4n) is 2.14. The molecule has 0 amide bonds. The summed E-state index contributed by atoms with van der Waals surface area (Å²) in [6.45, 7) is 0. The highest BCUT2D eigenvalue weighted by Gasteiger charge is 2.35. The summed E-state index contributed by atoms with van der Waals surface area (Å²) in [5.41, 5.74) is 0.934. The van der Waals surface area contributed by atoms with Gasteiger partial charge in [0.05, 0.1) is 0 Å². The fraction of sp³-hybridized carbons (Fsp3) is 0.235. The van der Waals surface area contributed by atoms with Gasteiger partial charge in [0.2, 0.25) is 11.6 Å². The van der Waals surface area contributed by atoms with Gasteiger partial charge in [0.15, 0.2) is 5.76 Å². The zero-order valence-electron chi connectivity index (χ0n) is 12.4. The average molecular weight is 302 g/mol. The standard InChI is InChI=1S/C17H18O5/c1-21-15-11-12(8-9-17(15,20)22-2)10-14(18)16(19)13-6-4-3-5-7-13/h3-11,15,18,20H,1-2H3. The molecule has 2 rings (SSSR count). The number of allylic oxidation sites excluding steroid dienone is 4. The average Bonchev–Trinajstić information content (AvgIpc) is 2.56. The number of Topliss-reactive ketones (excluding diaryl/α,β-unsaturated/α-hetero) is 1. The molecule has 0 aliphatic heterocycles. The zero-order chi connectivity index (χ0) is 16.2. The van der Waals surface area contributed by atoms with Gasteiger partial charge in [0.1, 0.15) is 6.10 Å². The van der Waals surface area contributed by atoms with Gasteiger partial charge < -0.3 is 19.7 Å². The van der Waals surface area contributed by atoms with Crippen molar-refractivity contribution in [3.8, 4) is 0 Å². The van der Waals surface area contributed by atoms with Crippen LogP contribution in [0.15, 0.2) is 66.0 Å². The van der Waals surface area contributed by atoms with E-state index in [1.54, 1.807) is 42.5 Å². The Hall–Kier alpha value is -2.21. The normalized spacial score (nSPS) is 25.0. The highest BCUT2D eigenvalue weighted by Crippen LogP contribution is 2.25. The lowest BCUT2D eigenvalue weighted by molar-refractivity contribution is -0.202.